The monoisotopic (exact) mass is 321 g/mol. The van der Waals surface area contributed by atoms with Crippen molar-refractivity contribution >= 4 is 18.0 Å². The lowest BCUT2D eigenvalue weighted by Gasteiger charge is -2.07. The molecule has 1 amide bonds. The predicted octanol–water partition coefficient (Wildman–Crippen LogP) is 1.93. The van der Waals surface area contributed by atoms with Gasteiger partial charge < -0.3 is 19.5 Å². The van der Waals surface area contributed by atoms with Crippen molar-refractivity contribution in [3.63, 3.8) is 0 Å². The van der Waals surface area contributed by atoms with E-state index in [2.05, 4.69) is 10.1 Å². The summed E-state index contributed by atoms with van der Waals surface area (Å²) < 4.78 is 14.8. The van der Waals surface area contributed by atoms with E-state index in [1.807, 2.05) is 31.2 Å². The summed E-state index contributed by atoms with van der Waals surface area (Å²) in [6, 6.07) is 6.65. The number of benzene rings is 1. The van der Waals surface area contributed by atoms with Crippen LogP contribution in [0.25, 0.3) is 0 Å². The van der Waals surface area contributed by atoms with E-state index in [4.69, 9.17) is 9.47 Å². The number of amides is 1. The molecule has 0 aromatic heterocycles. The third-order valence-electron chi connectivity index (χ3n) is 3.28. The SMILES string of the molecule is CCOc1ccc(COC(=O)CCC[C@H]2NC(=O)OC2=O)cc1. The van der Waals surface area contributed by atoms with Crippen molar-refractivity contribution in [2.45, 2.75) is 38.8 Å². The van der Waals surface area contributed by atoms with Gasteiger partial charge in [0.05, 0.1) is 6.61 Å². The van der Waals surface area contributed by atoms with Gasteiger partial charge in [-0.05, 0) is 37.5 Å². The molecule has 0 unspecified atom stereocenters. The summed E-state index contributed by atoms with van der Waals surface area (Å²) >= 11 is 0. The van der Waals surface area contributed by atoms with Gasteiger partial charge in [-0.15, -0.1) is 0 Å². The van der Waals surface area contributed by atoms with Crippen molar-refractivity contribution < 1.29 is 28.6 Å². The molecule has 7 nitrogen and oxygen atoms in total. The Hall–Kier alpha value is -2.57. The third kappa shape index (κ3) is 5.28. The summed E-state index contributed by atoms with van der Waals surface area (Å²) in [5.41, 5.74) is 0.869. The first kappa shape index (κ1) is 16.8. The molecule has 0 saturated carbocycles. The number of carbonyl (C=O) groups excluding carboxylic acids is 3. The normalized spacial score (nSPS) is 16.7. The maximum Gasteiger partial charge on any atom is 0.415 e. The maximum atomic E-state index is 11.7. The molecule has 23 heavy (non-hydrogen) atoms. The fraction of sp³-hybridized carbons (Fsp3) is 0.438. The van der Waals surface area contributed by atoms with E-state index < -0.39 is 18.1 Å². The van der Waals surface area contributed by atoms with E-state index in [-0.39, 0.29) is 19.0 Å². The van der Waals surface area contributed by atoms with Gasteiger partial charge in [-0.1, -0.05) is 12.1 Å². The number of hydrogen-bond acceptors (Lipinski definition) is 6. The van der Waals surface area contributed by atoms with Crippen LogP contribution in [0.3, 0.4) is 0 Å². The van der Waals surface area contributed by atoms with E-state index in [9.17, 15) is 14.4 Å². The second-order valence-electron chi connectivity index (χ2n) is 5.04. The van der Waals surface area contributed by atoms with Crippen molar-refractivity contribution in [1.82, 2.24) is 5.32 Å². The van der Waals surface area contributed by atoms with E-state index in [1.54, 1.807) is 0 Å². The Morgan fingerprint density at radius 1 is 1.26 bits per heavy atom. The summed E-state index contributed by atoms with van der Waals surface area (Å²) in [5, 5.41) is 2.38. The largest absolute Gasteiger partial charge is 0.494 e. The average Bonchev–Trinajstić information content (AvgIpc) is 2.85. The van der Waals surface area contributed by atoms with Crippen LogP contribution < -0.4 is 10.1 Å². The molecule has 0 aliphatic carbocycles. The fourth-order valence-corrected chi connectivity index (χ4v) is 2.12. The van der Waals surface area contributed by atoms with Gasteiger partial charge in [-0.25, -0.2) is 9.59 Å². The molecule has 124 valence electrons. The maximum absolute atomic E-state index is 11.7. The highest BCUT2D eigenvalue weighted by Gasteiger charge is 2.31. The Kier molecular flexibility index (Phi) is 5.96. The molecule has 0 bridgehead atoms. The van der Waals surface area contributed by atoms with Gasteiger partial charge >= 0.3 is 18.0 Å². The number of hydrogen-bond donors (Lipinski definition) is 1. The predicted molar refractivity (Wildman–Crippen MR) is 79.7 cm³/mol. The van der Waals surface area contributed by atoms with Crippen LogP contribution in [0.1, 0.15) is 31.7 Å². The number of nitrogens with one attached hydrogen (secondary N) is 1. The summed E-state index contributed by atoms with van der Waals surface area (Å²) in [7, 11) is 0. The molecule has 1 aromatic carbocycles. The summed E-state index contributed by atoms with van der Waals surface area (Å²) in [4.78, 5) is 33.7. The molecule has 1 saturated heterocycles. The van der Waals surface area contributed by atoms with Gasteiger partial charge in [-0.3, -0.25) is 4.79 Å². The van der Waals surface area contributed by atoms with E-state index in [1.165, 1.54) is 0 Å². The molecule has 1 fully saturated rings. The number of cyclic esters (lactones) is 2. The topological polar surface area (TPSA) is 90.9 Å². The van der Waals surface area contributed by atoms with Crippen LogP contribution in [0.15, 0.2) is 24.3 Å². The molecule has 1 aliphatic rings. The number of rotatable bonds is 8. The highest BCUT2D eigenvalue weighted by atomic mass is 16.6. The van der Waals surface area contributed by atoms with Gasteiger partial charge in [0.25, 0.3) is 0 Å². The molecule has 0 spiro atoms. The minimum atomic E-state index is -0.738. The van der Waals surface area contributed by atoms with Crippen molar-refractivity contribution in [2.75, 3.05) is 6.61 Å². The average molecular weight is 321 g/mol. The molecule has 1 heterocycles. The van der Waals surface area contributed by atoms with Crippen molar-refractivity contribution in [2.24, 2.45) is 0 Å². The molecule has 0 radical (unpaired) electrons. The zero-order valence-corrected chi connectivity index (χ0v) is 12.9. The van der Waals surface area contributed by atoms with Crippen LogP contribution in [-0.2, 0) is 25.7 Å². The molecule has 2 rings (SSSR count). The first-order valence-electron chi connectivity index (χ1n) is 7.48. The Bertz CT molecular complexity index is 568. The van der Waals surface area contributed by atoms with Gasteiger partial charge in [0.2, 0.25) is 0 Å². The van der Waals surface area contributed by atoms with Crippen LogP contribution in [0.4, 0.5) is 4.79 Å². The Morgan fingerprint density at radius 3 is 2.61 bits per heavy atom. The first-order valence-corrected chi connectivity index (χ1v) is 7.48. The Balaban J connectivity index is 1.65. The summed E-state index contributed by atoms with van der Waals surface area (Å²) in [6.45, 7) is 2.70. The smallest absolute Gasteiger partial charge is 0.415 e. The van der Waals surface area contributed by atoms with Crippen molar-refractivity contribution in [3.8, 4) is 5.75 Å². The van der Waals surface area contributed by atoms with Gasteiger partial charge in [0, 0.05) is 6.42 Å². The van der Waals surface area contributed by atoms with Crippen LogP contribution >= 0.6 is 0 Å². The lowest BCUT2D eigenvalue weighted by Crippen LogP contribution is -2.28. The quantitative estimate of drug-likeness (QED) is 0.581. The number of carbonyl (C=O) groups is 3. The van der Waals surface area contributed by atoms with Crippen LogP contribution in [0.5, 0.6) is 5.75 Å². The van der Waals surface area contributed by atoms with E-state index >= 15 is 0 Å². The Labute approximate surface area is 133 Å². The minimum absolute atomic E-state index is 0.177. The van der Waals surface area contributed by atoms with Crippen LogP contribution in [0, 0.1) is 0 Å². The number of alkyl carbamates (subject to hydrolysis) is 1. The number of ether oxygens (including phenoxy) is 3. The first-order chi connectivity index (χ1) is 11.1. The Morgan fingerprint density at radius 2 is 2.00 bits per heavy atom. The van der Waals surface area contributed by atoms with Gasteiger partial charge in [0.1, 0.15) is 18.4 Å². The lowest BCUT2D eigenvalue weighted by atomic mass is 10.1. The molecule has 1 aliphatic heterocycles. The fourth-order valence-electron chi connectivity index (χ4n) is 2.12. The second kappa shape index (κ2) is 8.17. The molecule has 1 aromatic rings. The van der Waals surface area contributed by atoms with Crippen LogP contribution in [0.2, 0.25) is 0 Å². The van der Waals surface area contributed by atoms with E-state index in [0.29, 0.717) is 19.4 Å². The third-order valence-corrected chi connectivity index (χ3v) is 3.28. The van der Waals surface area contributed by atoms with Crippen molar-refractivity contribution in [3.05, 3.63) is 29.8 Å². The highest BCUT2D eigenvalue weighted by molar-refractivity contribution is 5.95. The molecular weight excluding hydrogens is 302 g/mol. The molecular formula is C16H19NO6. The van der Waals surface area contributed by atoms with Crippen molar-refractivity contribution in [1.29, 1.82) is 0 Å². The lowest BCUT2D eigenvalue weighted by molar-refractivity contribution is -0.145. The molecule has 7 heteroatoms. The van der Waals surface area contributed by atoms with Gasteiger partial charge in [-0.2, -0.15) is 0 Å². The van der Waals surface area contributed by atoms with Crippen LogP contribution in [-0.4, -0.2) is 30.7 Å². The second-order valence-corrected chi connectivity index (χ2v) is 5.04. The minimum Gasteiger partial charge on any atom is -0.494 e. The zero-order valence-electron chi connectivity index (χ0n) is 12.9. The highest BCUT2D eigenvalue weighted by Crippen LogP contribution is 2.14. The summed E-state index contributed by atoms with van der Waals surface area (Å²) in [6.07, 6.45) is 0.222. The molecule has 1 N–H and O–H groups in total. The standard InChI is InChI=1S/C16H19NO6/c1-2-21-12-8-6-11(7-9-12)10-22-14(18)5-3-4-13-15(19)23-16(20)17-13/h6-9,13H,2-5,10H2,1H3,(H,17,20)/t13-/m1/s1. The number of esters is 2. The van der Waals surface area contributed by atoms with E-state index in [0.717, 1.165) is 11.3 Å². The zero-order chi connectivity index (χ0) is 16.7. The van der Waals surface area contributed by atoms with Gasteiger partial charge in [0.15, 0.2) is 0 Å². The summed E-state index contributed by atoms with van der Waals surface area (Å²) in [5.74, 6) is -0.178. The molecule has 1 atom stereocenters.